The second kappa shape index (κ2) is 10.4. The Morgan fingerprint density at radius 2 is 1.82 bits per heavy atom. The van der Waals surface area contributed by atoms with Gasteiger partial charge in [-0.3, -0.25) is 9.69 Å². The van der Waals surface area contributed by atoms with Crippen molar-refractivity contribution >= 4 is 17.5 Å². The van der Waals surface area contributed by atoms with Gasteiger partial charge in [0.1, 0.15) is 0 Å². The fraction of sp³-hybridized carbons (Fsp3) is 0.370. The highest BCUT2D eigenvalue weighted by molar-refractivity contribution is 6.31. The molecule has 3 aromatic rings. The van der Waals surface area contributed by atoms with Crippen molar-refractivity contribution in [1.82, 2.24) is 19.6 Å². The molecule has 7 heteroatoms. The van der Waals surface area contributed by atoms with E-state index in [4.69, 9.17) is 22.0 Å². The Kier molecular flexibility index (Phi) is 7.35. The fourth-order valence-corrected chi connectivity index (χ4v) is 4.65. The van der Waals surface area contributed by atoms with Crippen molar-refractivity contribution in [2.24, 2.45) is 0 Å². The van der Waals surface area contributed by atoms with Crippen molar-refractivity contribution in [3.05, 3.63) is 81.1 Å². The summed E-state index contributed by atoms with van der Waals surface area (Å²) in [5.74, 6) is 0.146. The van der Waals surface area contributed by atoms with E-state index in [1.165, 1.54) is 5.56 Å². The number of carbonyl (C=O) groups is 1. The Morgan fingerprint density at radius 1 is 1.06 bits per heavy atom. The summed E-state index contributed by atoms with van der Waals surface area (Å²) in [5.41, 5.74) is 6.63. The third kappa shape index (κ3) is 5.32. The van der Waals surface area contributed by atoms with Gasteiger partial charge in [0.15, 0.2) is 0 Å². The zero-order valence-electron chi connectivity index (χ0n) is 20.0. The highest BCUT2D eigenvalue weighted by atomic mass is 35.5. The van der Waals surface area contributed by atoms with Crippen LogP contribution in [-0.2, 0) is 17.8 Å². The first kappa shape index (κ1) is 24.0. The van der Waals surface area contributed by atoms with Crippen LogP contribution in [0.15, 0.2) is 42.5 Å². The van der Waals surface area contributed by atoms with Gasteiger partial charge >= 0.3 is 0 Å². The number of rotatable bonds is 5. The van der Waals surface area contributed by atoms with Gasteiger partial charge in [-0.1, -0.05) is 29.8 Å². The molecule has 0 atom stereocenters. The van der Waals surface area contributed by atoms with Gasteiger partial charge in [0.25, 0.3) is 0 Å². The number of carbonyl (C=O) groups excluding carboxylic acids is 1. The molecule has 0 bridgehead atoms. The zero-order chi connectivity index (χ0) is 24.2. The molecule has 1 fully saturated rings. The summed E-state index contributed by atoms with van der Waals surface area (Å²) < 4.78 is 1.88. The highest BCUT2D eigenvalue weighted by Gasteiger charge is 2.22. The van der Waals surface area contributed by atoms with Crippen LogP contribution in [-0.4, -0.2) is 51.7 Å². The van der Waals surface area contributed by atoms with Gasteiger partial charge in [-0.2, -0.15) is 10.4 Å². The van der Waals surface area contributed by atoms with Crippen LogP contribution in [0.5, 0.6) is 0 Å². The van der Waals surface area contributed by atoms with Crippen LogP contribution in [0.3, 0.4) is 0 Å². The van der Waals surface area contributed by atoms with E-state index in [2.05, 4.69) is 11.0 Å². The topological polar surface area (TPSA) is 65.2 Å². The Hall–Kier alpha value is -3.14. The Morgan fingerprint density at radius 3 is 2.53 bits per heavy atom. The number of aromatic nitrogens is 2. The molecule has 0 aliphatic carbocycles. The van der Waals surface area contributed by atoms with E-state index >= 15 is 0 Å². The lowest BCUT2D eigenvalue weighted by Crippen LogP contribution is -2.36. The second-order valence-electron chi connectivity index (χ2n) is 8.99. The van der Waals surface area contributed by atoms with Crippen LogP contribution in [0.1, 0.15) is 40.1 Å². The van der Waals surface area contributed by atoms with Crippen molar-refractivity contribution in [2.75, 3.05) is 26.2 Å². The molecule has 1 aliphatic rings. The predicted molar refractivity (Wildman–Crippen MR) is 134 cm³/mol. The quantitative estimate of drug-likeness (QED) is 0.541. The van der Waals surface area contributed by atoms with E-state index in [9.17, 15) is 4.79 Å². The average molecular weight is 476 g/mol. The zero-order valence-corrected chi connectivity index (χ0v) is 20.8. The van der Waals surface area contributed by atoms with Crippen LogP contribution < -0.4 is 0 Å². The predicted octanol–water partition coefficient (Wildman–Crippen LogP) is 4.60. The molecule has 1 saturated heterocycles. The van der Waals surface area contributed by atoms with Gasteiger partial charge in [-0.25, -0.2) is 4.68 Å². The van der Waals surface area contributed by atoms with E-state index < -0.39 is 0 Å². The highest BCUT2D eigenvalue weighted by Crippen LogP contribution is 2.23. The summed E-state index contributed by atoms with van der Waals surface area (Å²) >= 11 is 6.32. The summed E-state index contributed by atoms with van der Waals surface area (Å²) in [5, 5.41) is 14.4. The maximum absolute atomic E-state index is 13.2. The maximum atomic E-state index is 13.2. The minimum Gasteiger partial charge on any atom is -0.341 e. The maximum Gasteiger partial charge on any atom is 0.227 e. The number of amides is 1. The molecular formula is C27H30ClN5O. The van der Waals surface area contributed by atoms with Gasteiger partial charge in [-0.15, -0.1) is 0 Å². The molecular weight excluding hydrogens is 446 g/mol. The molecule has 34 heavy (non-hydrogen) atoms. The van der Waals surface area contributed by atoms with Gasteiger partial charge in [0.05, 0.1) is 29.4 Å². The molecule has 6 nitrogen and oxygen atoms in total. The van der Waals surface area contributed by atoms with E-state index in [1.54, 1.807) is 0 Å². The lowest BCUT2D eigenvalue weighted by atomic mass is 10.1. The number of aryl methyl sites for hydroxylation is 2. The van der Waals surface area contributed by atoms with E-state index in [0.29, 0.717) is 17.0 Å². The molecule has 0 saturated carbocycles. The van der Waals surface area contributed by atoms with E-state index in [-0.39, 0.29) is 5.91 Å². The number of halogens is 1. The monoisotopic (exact) mass is 475 g/mol. The second-order valence-corrected chi connectivity index (χ2v) is 9.40. The summed E-state index contributed by atoms with van der Waals surface area (Å²) in [4.78, 5) is 17.6. The lowest BCUT2D eigenvalue weighted by molar-refractivity contribution is -0.130. The number of nitriles is 1. The molecule has 2 heterocycles. The van der Waals surface area contributed by atoms with Crippen LogP contribution in [0, 0.1) is 32.1 Å². The number of hydrogen-bond acceptors (Lipinski definition) is 4. The first-order valence-corrected chi connectivity index (χ1v) is 12.0. The van der Waals surface area contributed by atoms with Gasteiger partial charge < -0.3 is 4.90 Å². The van der Waals surface area contributed by atoms with E-state index in [1.807, 2.05) is 72.8 Å². The van der Waals surface area contributed by atoms with Crippen LogP contribution in [0.25, 0.3) is 5.69 Å². The minimum atomic E-state index is 0.146. The lowest BCUT2D eigenvalue weighted by Gasteiger charge is -2.22. The molecule has 0 radical (unpaired) electrons. The molecule has 0 spiro atoms. The van der Waals surface area contributed by atoms with Crippen LogP contribution >= 0.6 is 11.6 Å². The van der Waals surface area contributed by atoms with E-state index in [0.717, 1.165) is 67.3 Å². The summed E-state index contributed by atoms with van der Waals surface area (Å²) in [6.45, 7) is 10.1. The first-order valence-electron chi connectivity index (χ1n) is 11.7. The van der Waals surface area contributed by atoms with Gasteiger partial charge in [0, 0.05) is 49.0 Å². The molecule has 1 aliphatic heterocycles. The Balaban J connectivity index is 1.40. The fourth-order valence-electron chi connectivity index (χ4n) is 4.48. The van der Waals surface area contributed by atoms with Crippen LogP contribution in [0.4, 0.5) is 0 Å². The largest absolute Gasteiger partial charge is 0.341 e. The Bertz CT molecular complexity index is 1230. The Labute approximate surface area is 206 Å². The average Bonchev–Trinajstić information content (AvgIpc) is 2.99. The number of nitrogens with zero attached hydrogens (tertiary/aromatic N) is 5. The number of benzene rings is 2. The third-order valence-corrected chi connectivity index (χ3v) is 7.01. The standard InChI is InChI=1S/C27H30ClN5O/c1-19-5-10-24(15-26(19)28)33-21(3)25(20(2)30-33)16-27(34)32-12-4-11-31(13-14-32)18-23-8-6-22(17-29)7-9-23/h5-10,15H,4,11-14,16,18H2,1-3H3. The van der Waals surface area contributed by atoms with Crippen molar-refractivity contribution in [2.45, 2.75) is 40.2 Å². The molecule has 176 valence electrons. The molecule has 1 aromatic heterocycles. The molecule has 1 amide bonds. The summed E-state index contributed by atoms with van der Waals surface area (Å²) in [6, 6.07) is 15.8. The molecule has 2 aromatic carbocycles. The molecule has 4 rings (SSSR count). The number of hydrogen-bond donors (Lipinski definition) is 0. The molecule has 0 N–H and O–H groups in total. The first-order chi connectivity index (χ1) is 16.4. The SMILES string of the molecule is Cc1ccc(-n2nc(C)c(CC(=O)N3CCCN(Cc4ccc(C#N)cc4)CC3)c2C)cc1Cl. The third-order valence-electron chi connectivity index (χ3n) is 6.60. The van der Waals surface area contributed by atoms with Crippen molar-refractivity contribution < 1.29 is 4.79 Å². The normalized spacial score (nSPS) is 14.6. The summed E-state index contributed by atoms with van der Waals surface area (Å²) in [7, 11) is 0. The van der Waals surface area contributed by atoms with Crippen molar-refractivity contribution in [3.8, 4) is 11.8 Å². The van der Waals surface area contributed by atoms with Crippen LogP contribution in [0.2, 0.25) is 5.02 Å². The van der Waals surface area contributed by atoms with Crippen molar-refractivity contribution in [3.63, 3.8) is 0 Å². The summed E-state index contributed by atoms with van der Waals surface area (Å²) in [6.07, 6.45) is 1.30. The smallest absolute Gasteiger partial charge is 0.227 e. The van der Waals surface area contributed by atoms with Gasteiger partial charge in [0.2, 0.25) is 5.91 Å². The molecule has 0 unspecified atom stereocenters. The van der Waals surface area contributed by atoms with Crippen molar-refractivity contribution in [1.29, 1.82) is 5.26 Å². The van der Waals surface area contributed by atoms with Gasteiger partial charge in [-0.05, 0) is 62.6 Å². The minimum absolute atomic E-state index is 0.146.